The first-order valence-electron chi connectivity index (χ1n) is 8.08. The van der Waals surface area contributed by atoms with E-state index in [2.05, 4.69) is 48.4 Å². The zero-order valence-corrected chi connectivity index (χ0v) is 14.9. The van der Waals surface area contributed by atoms with Crippen LogP contribution in [-0.2, 0) is 11.2 Å². The molecule has 1 N–H and O–H groups in total. The normalized spacial score (nSPS) is 14.5. The summed E-state index contributed by atoms with van der Waals surface area (Å²) in [5, 5.41) is 3.33. The van der Waals surface area contributed by atoms with E-state index in [0.717, 1.165) is 40.5 Å². The van der Waals surface area contributed by atoms with Crippen molar-refractivity contribution in [2.24, 2.45) is 4.99 Å². The van der Waals surface area contributed by atoms with Crippen molar-refractivity contribution in [1.29, 1.82) is 0 Å². The van der Waals surface area contributed by atoms with Crippen LogP contribution in [0.25, 0.3) is 5.70 Å². The van der Waals surface area contributed by atoms with E-state index in [1.54, 1.807) is 7.11 Å². The van der Waals surface area contributed by atoms with Crippen molar-refractivity contribution in [2.75, 3.05) is 7.11 Å². The quantitative estimate of drug-likeness (QED) is 0.790. The fraction of sp³-hybridized carbons (Fsp3) is 0.300. The number of ether oxygens (including phenoxy) is 1. The lowest BCUT2D eigenvalue weighted by atomic mass is 10.0. The van der Waals surface area contributed by atoms with Crippen molar-refractivity contribution in [1.82, 2.24) is 10.3 Å². The number of hydrogen-bond acceptors (Lipinski definition) is 4. The Kier molecular flexibility index (Phi) is 5.74. The standard InChI is InChI=1S/C20H25N3O/c1-7-13(3)18-12-19(23-20(18)15(5)24-6)22-14(4)16-9-10-21-17(8-2)11-16/h7,9-11H,4-5,8,12H2,1-3,6H3,(H,22,23)/b13-7-. The molecule has 0 saturated carbocycles. The molecule has 0 radical (unpaired) electrons. The van der Waals surface area contributed by atoms with Gasteiger partial charge in [-0.1, -0.05) is 26.2 Å². The van der Waals surface area contributed by atoms with Gasteiger partial charge in [-0.2, -0.15) is 0 Å². The molecule has 1 aliphatic rings. The molecule has 1 aromatic heterocycles. The SMILES string of the molecule is C=C(OC)C1=C(/C(C)=C\C)CC(NC(=C)c2ccnc(CC)c2)=N1. The number of methoxy groups -OCH3 is 1. The van der Waals surface area contributed by atoms with E-state index in [9.17, 15) is 0 Å². The van der Waals surface area contributed by atoms with Crippen LogP contribution in [0.3, 0.4) is 0 Å². The molecule has 126 valence electrons. The first kappa shape index (κ1) is 17.7. The van der Waals surface area contributed by atoms with Gasteiger partial charge in [0.2, 0.25) is 0 Å². The monoisotopic (exact) mass is 323 g/mol. The molecular weight excluding hydrogens is 298 g/mol. The van der Waals surface area contributed by atoms with Gasteiger partial charge in [-0.25, -0.2) is 4.99 Å². The van der Waals surface area contributed by atoms with Crippen LogP contribution in [-0.4, -0.2) is 17.9 Å². The van der Waals surface area contributed by atoms with Gasteiger partial charge in [-0.05, 0) is 43.5 Å². The molecule has 4 heteroatoms. The highest BCUT2D eigenvalue weighted by molar-refractivity contribution is 5.95. The fourth-order valence-corrected chi connectivity index (χ4v) is 2.50. The van der Waals surface area contributed by atoms with Crippen LogP contribution in [0.1, 0.15) is 38.4 Å². The molecule has 2 heterocycles. The van der Waals surface area contributed by atoms with Gasteiger partial charge < -0.3 is 10.1 Å². The molecule has 0 bridgehead atoms. The number of hydrogen-bond donors (Lipinski definition) is 1. The molecular formula is C20H25N3O. The summed E-state index contributed by atoms with van der Waals surface area (Å²) in [4.78, 5) is 8.98. The second-order valence-corrected chi connectivity index (χ2v) is 5.65. The van der Waals surface area contributed by atoms with E-state index in [1.165, 1.54) is 5.57 Å². The summed E-state index contributed by atoms with van der Waals surface area (Å²) in [7, 11) is 1.61. The lowest BCUT2D eigenvalue weighted by molar-refractivity contribution is 0.302. The van der Waals surface area contributed by atoms with Crippen LogP contribution >= 0.6 is 0 Å². The largest absolute Gasteiger partial charge is 0.495 e. The molecule has 0 saturated heterocycles. The number of nitrogens with zero attached hydrogens (tertiary/aromatic N) is 2. The van der Waals surface area contributed by atoms with E-state index in [-0.39, 0.29) is 0 Å². The van der Waals surface area contributed by atoms with Gasteiger partial charge in [0, 0.05) is 29.6 Å². The van der Waals surface area contributed by atoms with Crippen molar-refractivity contribution >= 4 is 11.5 Å². The summed E-state index contributed by atoms with van der Waals surface area (Å²) in [6.45, 7) is 14.3. The van der Waals surface area contributed by atoms with Crippen molar-refractivity contribution in [3.63, 3.8) is 0 Å². The third-order valence-corrected chi connectivity index (χ3v) is 4.12. The van der Waals surface area contributed by atoms with Gasteiger partial charge in [0.1, 0.15) is 17.3 Å². The highest BCUT2D eigenvalue weighted by Crippen LogP contribution is 2.30. The van der Waals surface area contributed by atoms with Gasteiger partial charge >= 0.3 is 0 Å². The minimum absolute atomic E-state index is 0.575. The van der Waals surface area contributed by atoms with Crippen LogP contribution in [0.2, 0.25) is 0 Å². The van der Waals surface area contributed by atoms with Crippen LogP contribution in [0.4, 0.5) is 0 Å². The number of aliphatic imine (C=N–C) groups is 1. The van der Waals surface area contributed by atoms with E-state index in [1.807, 2.05) is 25.3 Å². The zero-order valence-electron chi connectivity index (χ0n) is 14.9. The molecule has 1 aliphatic heterocycles. The summed E-state index contributed by atoms with van der Waals surface area (Å²) >= 11 is 0. The van der Waals surface area contributed by atoms with Gasteiger partial charge in [0.15, 0.2) is 0 Å². The van der Waals surface area contributed by atoms with Gasteiger partial charge in [-0.3, -0.25) is 4.98 Å². The number of pyridine rings is 1. The number of allylic oxidation sites excluding steroid dienone is 2. The van der Waals surface area contributed by atoms with E-state index in [0.29, 0.717) is 12.2 Å². The molecule has 0 aliphatic carbocycles. The van der Waals surface area contributed by atoms with Gasteiger partial charge in [0.05, 0.1) is 7.11 Å². The Morgan fingerprint density at radius 3 is 2.79 bits per heavy atom. The molecule has 2 rings (SSSR count). The minimum Gasteiger partial charge on any atom is -0.495 e. The van der Waals surface area contributed by atoms with E-state index in [4.69, 9.17) is 4.74 Å². The minimum atomic E-state index is 0.575. The van der Waals surface area contributed by atoms with Crippen molar-refractivity contribution < 1.29 is 4.74 Å². The smallest absolute Gasteiger partial charge is 0.137 e. The van der Waals surface area contributed by atoms with Crippen LogP contribution in [0.5, 0.6) is 0 Å². The summed E-state index contributed by atoms with van der Waals surface area (Å²) in [6.07, 6.45) is 5.48. The summed E-state index contributed by atoms with van der Waals surface area (Å²) in [6, 6.07) is 4.00. The number of aryl methyl sites for hydroxylation is 1. The molecule has 0 unspecified atom stereocenters. The number of aromatic nitrogens is 1. The topological polar surface area (TPSA) is 46.5 Å². The third-order valence-electron chi connectivity index (χ3n) is 4.12. The first-order chi connectivity index (χ1) is 11.5. The summed E-state index contributed by atoms with van der Waals surface area (Å²) in [5.74, 6) is 1.42. The highest BCUT2D eigenvalue weighted by Gasteiger charge is 2.22. The second-order valence-electron chi connectivity index (χ2n) is 5.65. The lowest BCUT2D eigenvalue weighted by Crippen LogP contribution is -2.20. The Labute approximate surface area is 144 Å². The Bertz CT molecular complexity index is 754. The average Bonchev–Trinajstić information content (AvgIpc) is 3.04. The fourth-order valence-electron chi connectivity index (χ4n) is 2.50. The predicted molar refractivity (Wildman–Crippen MR) is 100 cm³/mol. The second kappa shape index (κ2) is 7.77. The molecule has 0 atom stereocenters. The maximum atomic E-state index is 5.28. The molecule has 24 heavy (non-hydrogen) atoms. The molecule has 0 fully saturated rings. The molecule has 0 spiro atoms. The van der Waals surface area contributed by atoms with E-state index >= 15 is 0 Å². The van der Waals surface area contributed by atoms with Crippen LogP contribution in [0.15, 0.2) is 65.2 Å². The molecule has 1 aromatic rings. The van der Waals surface area contributed by atoms with Gasteiger partial charge in [-0.15, -0.1) is 0 Å². The number of amidine groups is 1. The van der Waals surface area contributed by atoms with Crippen molar-refractivity contribution in [3.8, 4) is 0 Å². The number of nitrogens with one attached hydrogen (secondary N) is 1. The van der Waals surface area contributed by atoms with Crippen LogP contribution in [0, 0.1) is 0 Å². The third kappa shape index (κ3) is 3.82. The molecule has 0 aromatic carbocycles. The Balaban J connectivity index is 2.20. The van der Waals surface area contributed by atoms with Crippen molar-refractivity contribution in [3.05, 3.63) is 71.4 Å². The maximum Gasteiger partial charge on any atom is 0.137 e. The highest BCUT2D eigenvalue weighted by atomic mass is 16.5. The van der Waals surface area contributed by atoms with E-state index < -0.39 is 0 Å². The zero-order chi connectivity index (χ0) is 17.7. The van der Waals surface area contributed by atoms with Gasteiger partial charge in [0.25, 0.3) is 0 Å². The molecule has 0 amide bonds. The van der Waals surface area contributed by atoms with Crippen molar-refractivity contribution in [2.45, 2.75) is 33.6 Å². The Morgan fingerprint density at radius 2 is 2.17 bits per heavy atom. The Morgan fingerprint density at radius 1 is 1.42 bits per heavy atom. The molecule has 4 nitrogen and oxygen atoms in total. The summed E-state index contributed by atoms with van der Waals surface area (Å²) < 4.78 is 5.28. The average molecular weight is 323 g/mol. The maximum absolute atomic E-state index is 5.28. The Hall–Kier alpha value is -2.62. The first-order valence-corrected chi connectivity index (χ1v) is 8.08. The number of rotatable bonds is 6. The summed E-state index contributed by atoms with van der Waals surface area (Å²) in [5.41, 5.74) is 5.98. The predicted octanol–water partition coefficient (Wildman–Crippen LogP) is 4.39. The lowest BCUT2D eigenvalue weighted by Gasteiger charge is -2.11. The van der Waals surface area contributed by atoms with Crippen LogP contribution < -0.4 is 5.32 Å².